The minimum atomic E-state index is 0.201. The number of methoxy groups -OCH3 is 1. The zero-order valence-electron chi connectivity index (χ0n) is 7.64. The molecule has 2 heterocycles. The fourth-order valence-corrected chi connectivity index (χ4v) is 1.95. The van der Waals surface area contributed by atoms with Gasteiger partial charge in [-0.1, -0.05) is 22.9 Å². The van der Waals surface area contributed by atoms with Gasteiger partial charge in [-0.2, -0.15) is 10.4 Å². The summed E-state index contributed by atoms with van der Waals surface area (Å²) in [4.78, 5) is 4.38. The van der Waals surface area contributed by atoms with Crippen molar-refractivity contribution in [3.05, 3.63) is 22.4 Å². The van der Waals surface area contributed by atoms with Gasteiger partial charge in [-0.3, -0.25) is 0 Å². The molecule has 0 aliphatic heterocycles. The van der Waals surface area contributed by atoms with Gasteiger partial charge >= 0.3 is 0 Å². The summed E-state index contributed by atoms with van der Waals surface area (Å²) in [7, 11) is 1.55. The van der Waals surface area contributed by atoms with Crippen molar-refractivity contribution in [2.24, 2.45) is 0 Å². The maximum Gasteiger partial charge on any atom is 0.213 e. The molecule has 15 heavy (non-hydrogen) atoms. The van der Waals surface area contributed by atoms with Crippen molar-refractivity contribution in [2.75, 3.05) is 7.11 Å². The van der Waals surface area contributed by atoms with Gasteiger partial charge in [0.05, 0.1) is 19.5 Å². The zero-order valence-corrected chi connectivity index (χ0v) is 9.21. The van der Waals surface area contributed by atoms with Crippen molar-refractivity contribution in [3.8, 4) is 17.0 Å². The van der Waals surface area contributed by atoms with Crippen LogP contribution in [-0.4, -0.2) is 21.9 Å². The molecule has 0 fully saturated rings. The maximum absolute atomic E-state index is 8.71. The molecule has 0 saturated heterocycles. The predicted octanol–water partition coefficient (Wildman–Crippen LogP) is 1.86. The number of hydrogen-bond donors (Lipinski definition) is 0. The minimum absolute atomic E-state index is 0.201. The van der Waals surface area contributed by atoms with E-state index in [0.717, 1.165) is 0 Å². The average Bonchev–Trinajstić information content (AvgIpc) is 2.83. The van der Waals surface area contributed by atoms with Crippen molar-refractivity contribution in [2.45, 2.75) is 0 Å². The molecule has 0 N–H and O–H groups in total. The van der Waals surface area contributed by atoms with Gasteiger partial charge in [0.2, 0.25) is 5.13 Å². The first-order valence-corrected chi connectivity index (χ1v) is 5.09. The molecule has 0 radical (unpaired) electrons. The lowest BCUT2D eigenvalue weighted by Gasteiger charge is -1.91. The second-order valence-electron chi connectivity index (χ2n) is 2.55. The monoisotopic (exact) mass is 240 g/mol. The second-order valence-corrected chi connectivity index (χ2v) is 3.89. The van der Waals surface area contributed by atoms with Crippen LogP contribution in [0.3, 0.4) is 0 Å². The molecule has 0 aromatic carbocycles. The molecule has 7 heteroatoms. The normalized spacial score (nSPS) is 9.93. The Bertz CT molecular complexity index is 527. The van der Waals surface area contributed by atoms with Crippen molar-refractivity contribution >= 4 is 22.9 Å². The third-order valence-electron chi connectivity index (χ3n) is 1.67. The molecule has 0 aliphatic rings. The van der Waals surface area contributed by atoms with Crippen LogP contribution in [0.15, 0.2) is 12.4 Å². The molecular formula is C8H5ClN4OS. The SMILES string of the molecule is COc1cnn(-c2nc(Cl)c(C#N)s2)c1. The summed E-state index contributed by atoms with van der Waals surface area (Å²) in [5.74, 6) is 0.625. The standard InChI is InChI=1S/C8H5ClN4OS/c1-14-5-3-11-13(4-5)8-12-7(9)6(2-10)15-8/h3-4H,1H3. The molecule has 2 rings (SSSR count). The molecule has 2 aromatic rings. The van der Waals surface area contributed by atoms with Gasteiger partial charge < -0.3 is 4.74 Å². The molecule has 76 valence electrons. The van der Waals surface area contributed by atoms with Crippen molar-refractivity contribution in [3.63, 3.8) is 0 Å². The Labute approximate surface area is 94.5 Å². The van der Waals surface area contributed by atoms with Crippen LogP contribution in [0.25, 0.3) is 5.13 Å². The maximum atomic E-state index is 8.71. The van der Waals surface area contributed by atoms with Crippen LogP contribution in [0, 0.1) is 11.3 Å². The topological polar surface area (TPSA) is 63.7 Å². The largest absolute Gasteiger partial charge is 0.493 e. The Morgan fingerprint density at radius 3 is 3.00 bits per heavy atom. The average molecular weight is 241 g/mol. The van der Waals surface area contributed by atoms with Gasteiger partial charge in [0.15, 0.2) is 10.9 Å². The number of thiazole rings is 1. The van der Waals surface area contributed by atoms with Crippen LogP contribution >= 0.6 is 22.9 Å². The smallest absolute Gasteiger partial charge is 0.213 e. The van der Waals surface area contributed by atoms with E-state index in [1.165, 1.54) is 16.0 Å². The van der Waals surface area contributed by atoms with Gasteiger partial charge in [-0.05, 0) is 0 Å². The molecule has 0 aliphatic carbocycles. The molecule has 0 atom stereocenters. The lowest BCUT2D eigenvalue weighted by Crippen LogP contribution is -1.92. The van der Waals surface area contributed by atoms with E-state index in [0.29, 0.717) is 15.8 Å². The number of ether oxygens (including phenoxy) is 1. The highest BCUT2D eigenvalue weighted by molar-refractivity contribution is 7.15. The highest BCUT2D eigenvalue weighted by atomic mass is 35.5. The molecule has 0 unspecified atom stereocenters. The molecule has 0 amide bonds. The summed E-state index contributed by atoms with van der Waals surface area (Å²) in [6, 6.07) is 1.96. The minimum Gasteiger partial charge on any atom is -0.493 e. The van der Waals surface area contributed by atoms with Crippen LogP contribution in [0.5, 0.6) is 5.75 Å². The number of aromatic nitrogens is 3. The highest BCUT2D eigenvalue weighted by Gasteiger charge is 2.11. The van der Waals surface area contributed by atoms with E-state index in [2.05, 4.69) is 10.1 Å². The van der Waals surface area contributed by atoms with E-state index in [4.69, 9.17) is 21.6 Å². The fourth-order valence-electron chi connectivity index (χ4n) is 0.974. The van der Waals surface area contributed by atoms with Gasteiger partial charge in [-0.25, -0.2) is 9.67 Å². The summed E-state index contributed by atoms with van der Waals surface area (Å²) < 4.78 is 6.49. The number of hydrogen-bond acceptors (Lipinski definition) is 5. The first-order chi connectivity index (χ1) is 7.24. The number of rotatable bonds is 2. The van der Waals surface area contributed by atoms with E-state index in [1.54, 1.807) is 19.5 Å². The number of halogens is 1. The van der Waals surface area contributed by atoms with Crippen molar-refractivity contribution in [1.82, 2.24) is 14.8 Å². The first-order valence-electron chi connectivity index (χ1n) is 3.90. The molecule has 0 spiro atoms. The summed E-state index contributed by atoms with van der Waals surface area (Å²) in [5, 5.41) is 13.5. The third kappa shape index (κ3) is 1.79. The predicted molar refractivity (Wildman–Crippen MR) is 55.5 cm³/mol. The van der Waals surface area contributed by atoms with E-state index in [9.17, 15) is 0 Å². The lowest BCUT2D eigenvalue weighted by atomic mass is 10.6. The Hall–Kier alpha value is -1.58. The van der Waals surface area contributed by atoms with Crippen LogP contribution in [0.4, 0.5) is 0 Å². The second kappa shape index (κ2) is 3.88. The third-order valence-corrected chi connectivity index (χ3v) is 3.00. The molecule has 0 bridgehead atoms. The van der Waals surface area contributed by atoms with E-state index in [1.807, 2.05) is 6.07 Å². The van der Waals surface area contributed by atoms with Crippen LogP contribution in [0.2, 0.25) is 5.15 Å². The Morgan fingerprint density at radius 2 is 2.47 bits per heavy atom. The van der Waals surface area contributed by atoms with E-state index in [-0.39, 0.29) is 5.15 Å². The Kier molecular flexibility index (Phi) is 2.58. The Balaban J connectivity index is 2.41. The summed E-state index contributed by atoms with van der Waals surface area (Å²) >= 11 is 6.92. The Morgan fingerprint density at radius 1 is 1.67 bits per heavy atom. The van der Waals surface area contributed by atoms with E-state index < -0.39 is 0 Å². The number of nitrogens with zero attached hydrogens (tertiary/aromatic N) is 4. The first kappa shape index (κ1) is 9.96. The van der Waals surface area contributed by atoms with Crippen LogP contribution in [0.1, 0.15) is 4.88 Å². The van der Waals surface area contributed by atoms with E-state index >= 15 is 0 Å². The molecule has 2 aromatic heterocycles. The lowest BCUT2D eigenvalue weighted by molar-refractivity contribution is 0.414. The van der Waals surface area contributed by atoms with Crippen LogP contribution < -0.4 is 4.74 Å². The van der Waals surface area contributed by atoms with Crippen molar-refractivity contribution in [1.29, 1.82) is 5.26 Å². The zero-order chi connectivity index (χ0) is 10.8. The van der Waals surface area contributed by atoms with Gasteiger partial charge in [0, 0.05) is 0 Å². The van der Waals surface area contributed by atoms with Crippen molar-refractivity contribution < 1.29 is 4.74 Å². The summed E-state index contributed by atoms with van der Waals surface area (Å²) in [6.07, 6.45) is 3.22. The molecular weight excluding hydrogens is 236 g/mol. The summed E-state index contributed by atoms with van der Waals surface area (Å²) in [6.45, 7) is 0. The highest BCUT2D eigenvalue weighted by Crippen LogP contribution is 2.25. The van der Waals surface area contributed by atoms with Gasteiger partial charge in [0.25, 0.3) is 0 Å². The summed E-state index contributed by atoms with van der Waals surface area (Å²) in [5.41, 5.74) is 0. The quantitative estimate of drug-likeness (QED) is 0.804. The number of nitriles is 1. The molecule has 0 saturated carbocycles. The fraction of sp³-hybridized carbons (Fsp3) is 0.125. The van der Waals surface area contributed by atoms with Gasteiger partial charge in [0.1, 0.15) is 10.9 Å². The van der Waals surface area contributed by atoms with Crippen LogP contribution in [-0.2, 0) is 0 Å². The van der Waals surface area contributed by atoms with Gasteiger partial charge in [-0.15, -0.1) is 0 Å². The molecule has 5 nitrogen and oxygen atoms in total.